The van der Waals surface area contributed by atoms with Crippen molar-refractivity contribution in [3.8, 4) is 0 Å². The molecule has 0 radical (unpaired) electrons. The van der Waals surface area contributed by atoms with E-state index in [0.29, 0.717) is 26.0 Å². The number of carbonyl (C=O) groups excluding carboxylic acids is 2. The molecule has 3 aromatic rings. The molecule has 0 N–H and O–H groups in total. The maximum absolute atomic E-state index is 13.8. The van der Waals surface area contributed by atoms with Crippen LogP contribution in [-0.4, -0.2) is 72.1 Å². The minimum atomic E-state index is -0.782. The molecule has 0 bridgehead atoms. The van der Waals surface area contributed by atoms with Gasteiger partial charge in [0, 0.05) is 39.8 Å². The SMILES string of the molecule is COCCN1C(=O)N(C/C=C/c2cccc3ccccc23)C(=O)C12CCN(Cc1ccccc1)CC2. The molecule has 0 atom stereocenters. The highest BCUT2D eigenvalue weighted by Gasteiger charge is 2.57. The molecule has 0 aliphatic carbocycles. The highest BCUT2D eigenvalue weighted by atomic mass is 16.5. The molecule has 0 aromatic heterocycles. The summed E-state index contributed by atoms with van der Waals surface area (Å²) in [4.78, 5) is 32.8. The predicted molar refractivity (Wildman–Crippen MR) is 142 cm³/mol. The van der Waals surface area contributed by atoms with E-state index >= 15 is 0 Å². The maximum Gasteiger partial charge on any atom is 0.328 e. The Hall–Kier alpha value is -3.48. The van der Waals surface area contributed by atoms with Gasteiger partial charge in [0.25, 0.3) is 5.91 Å². The Balaban J connectivity index is 1.31. The largest absolute Gasteiger partial charge is 0.383 e. The molecule has 6 heteroatoms. The lowest BCUT2D eigenvalue weighted by Gasteiger charge is -2.42. The van der Waals surface area contributed by atoms with Gasteiger partial charge < -0.3 is 9.64 Å². The predicted octanol–water partition coefficient (Wildman–Crippen LogP) is 4.80. The van der Waals surface area contributed by atoms with Crippen LogP contribution in [0.25, 0.3) is 16.8 Å². The first-order chi connectivity index (χ1) is 17.6. The van der Waals surface area contributed by atoms with Crippen molar-refractivity contribution >= 4 is 28.8 Å². The third-order valence-electron chi connectivity index (χ3n) is 7.48. The summed E-state index contributed by atoms with van der Waals surface area (Å²) >= 11 is 0. The molecule has 2 aliphatic heterocycles. The number of hydrogen-bond acceptors (Lipinski definition) is 4. The van der Waals surface area contributed by atoms with E-state index in [0.717, 1.165) is 30.6 Å². The highest BCUT2D eigenvalue weighted by molar-refractivity contribution is 6.07. The summed E-state index contributed by atoms with van der Waals surface area (Å²) in [7, 11) is 1.63. The van der Waals surface area contributed by atoms with Crippen LogP contribution in [0.5, 0.6) is 0 Å². The lowest BCUT2D eigenvalue weighted by molar-refractivity contribution is -0.135. The van der Waals surface area contributed by atoms with Crippen LogP contribution >= 0.6 is 0 Å². The quantitative estimate of drug-likeness (QED) is 0.432. The fourth-order valence-electron chi connectivity index (χ4n) is 5.52. The molecule has 1 spiro atoms. The van der Waals surface area contributed by atoms with Crippen LogP contribution < -0.4 is 0 Å². The second-order valence-electron chi connectivity index (χ2n) is 9.61. The van der Waals surface area contributed by atoms with Gasteiger partial charge in [0.05, 0.1) is 6.61 Å². The molecule has 186 valence electrons. The molecule has 3 aromatic carbocycles. The molecule has 6 nitrogen and oxygen atoms in total. The molecule has 0 unspecified atom stereocenters. The molecular weight excluding hydrogens is 450 g/mol. The molecule has 2 fully saturated rings. The zero-order valence-corrected chi connectivity index (χ0v) is 20.8. The number of carbonyl (C=O) groups is 2. The van der Waals surface area contributed by atoms with Gasteiger partial charge in [-0.05, 0) is 34.7 Å². The Morgan fingerprint density at radius 3 is 2.42 bits per heavy atom. The van der Waals surface area contributed by atoms with E-state index < -0.39 is 5.54 Å². The van der Waals surface area contributed by atoms with E-state index in [1.165, 1.54) is 15.8 Å². The number of hydrogen-bond donors (Lipinski definition) is 0. The van der Waals surface area contributed by atoms with Gasteiger partial charge in [-0.25, -0.2) is 4.79 Å². The van der Waals surface area contributed by atoms with E-state index in [1.807, 2.05) is 36.4 Å². The normalized spacial score (nSPS) is 18.2. The third kappa shape index (κ3) is 4.66. The summed E-state index contributed by atoms with van der Waals surface area (Å²) in [5.41, 5.74) is 1.56. The van der Waals surface area contributed by atoms with Crippen molar-refractivity contribution < 1.29 is 14.3 Å². The van der Waals surface area contributed by atoms with Gasteiger partial charge >= 0.3 is 6.03 Å². The number of fused-ring (bicyclic) bond motifs is 1. The van der Waals surface area contributed by atoms with E-state index in [9.17, 15) is 9.59 Å². The first-order valence-corrected chi connectivity index (χ1v) is 12.7. The van der Waals surface area contributed by atoms with Crippen molar-refractivity contribution in [3.63, 3.8) is 0 Å². The number of piperidine rings is 1. The zero-order valence-electron chi connectivity index (χ0n) is 20.8. The van der Waals surface area contributed by atoms with Crippen molar-refractivity contribution in [2.45, 2.75) is 24.9 Å². The molecule has 5 rings (SSSR count). The zero-order chi connectivity index (χ0) is 25.0. The number of nitrogens with zero attached hydrogens (tertiary/aromatic N) is 3. The summed E-state index contributed by atoms with van der Waals surface area (Å²) in [5, 5.41) is 2.32. The minimum absolute atomic E-state index is 0.0782. The van der Waals surface area contributed by atoms with E-state index in [1.54, 1.807) is 12.0 Å². The maximum atomic E-state index is 13.8. The summed E-state index contributed by atoms with van der Waals surface area (Å²) in [6.07, 6.45) is 5.21. The summed E-state index contributed by atoms with van der Waals surface area (Å²) in [6, 6.07) is 24.6. The molecule has 3 amide bonds. The minimum Gasteiger partial charge on any atom is -0.383 e. The Bertz CT molecular complexity index is 1240. The van der Waals surface area contributed by atoms with Gasteiger partial charge in [-0.15, -0.1) is 0 Å². The van der Waals surface area contributed by atoms with Crippen molar-refractivity contribution in [2.75, 3.05) is 39.9 Å². The van der Waals surface area contributed by atoms with E-state index in [4.69, 9.17) is 4.74 Å². The Morgan fingerprint density at radius 1 is 0.917 bits per heavy atom. The summed E-state index contributed by atoms with van der Waals surface area (Å²) in [6.45, 7) is 3.50. The molecular formula is C30H33N3O3. The number of imide groups is 1. The molecule has 36 heavy (non-hydrogen) atoms. The number of benzene rings is 3. The number of likely N-dealkylation sites (tertiary alicyclic amines) is 1. The van der Waals surface area contributed by atoms with Crippen LogP contribution in [0.1, 0.15) is 24.0 Å². The number of methoxy groups -OCH3 is 1. The molecule has 2 aliphatic rings. The van der Waals surface area contributed by atoms with Crippen LogP contribution in [0.2, 0.25) is 0 Å². The van der Waals surface area contributed by atoms with E-state index in [2.05, 4.69) is 53.4 Å². The van der Waals surface area contributed by atoms with Gasteiger partial charge in [0.1, 0.15) is 5.54 Å². The first kappa shape index (κ1) is 24.2. The van der Waals surface area contributed by atoms with Gasteiger partial charge in [0.15, 0.2) is 0 Å². The summed E-state index contributed by atoms with van der Waals surface area (Å²) in [5.74, 6) is -0.0782. The Kier molecular flexibility index (Phi) is 7.16. The van der Waals surface area contributed by atoms with Crippen LogP contribution in [-0.2, 0) is 16.1 Å². The van der Waals surface area contributed by atoms with Gasteiger partial charge in [0.2, 0.25) is 0 Å². The Labute approximate surface area is 212 Å². The second-order valence-corrected chi connectivity index (χ2v) is 9.61. The molecule has 0 saturated carbocycles. The number of rotatable bonds is 8. The fraction of sp³-hybridized carbons (Fsp3) is 0.333. The topological polar surface area (TPSA) is 53.1 Å². The van der Waals surface area contributed by atoms with Crippen molar-refractivity contribution in [1.82, 2.24) is 14.7 Å². The van der Waals surface area contributed by atoms with Gasteiger partial charge in [-0.1, -0.05) is 84.9 Å². The fourth-order valence-corrected chi connectivity index (χ4v) is 5.52. The van der Waals surface area contributed by atoms with E-state index in [-0.39, 0.29) is 18.5 Å². The van der Waals surface area contributed by atoms with Crippen molar-refractivity contribution in [3.05, 3.63) is 90.0 Å². The number of urea groups is 1. The third-order valence-corrected chi connectivity index (χ3v) is 7.48. The van der Waals surface area contributed by atoms with Crippen molar-refractivity contribution in [1.29, 1.82) is 0 Å². The van der Waals surface area contributed by atoms with Crippen LogP contribution in [0.4, 0.5) is 4.79 Å². The van der Waals surface area contributed by atoms with Crippen molar-refractivity contribution in [2.24, 2.45) is 0 Å². The average molecular weight is 484 g/mol. The lowest BCUT2D eigenvalue weighted by atomic mass is 9.85. The highest BCUT2D eigenvalue weighted by Crippen LogP contribution is 2.37. The number of ether oxygens (including phenoxy) is 1. The standard InChI is InChI=1S/C30H33N3O3/c1-36-22-21-33-29(35)32(18-8-14-26-13-7-12-25-11-5-6-15-27(25)26)28(34)30(33)16-19-31(20-17-30)23-24-9-3-2-4-10-24/h2-15H,16-23H2,1H3/b14-8+. The number of amides is 3. The molecule has 2 heterocycles. The average Bonchev–Trinajstić information content (AvgIpc) is 3.10. The monoisotopic (exact) mass is 483 g/mol. The Morgan fingerprint density at radius 2 is 1.64 bits per heavy atom. The van der Waals surface area contributed by atoms with Crippen LogP contribution in [0, 0.1) is 0 Å². The summed E-state index contributed by atoms with van der Waals surface area (Å²) < 4.78 is 5.29. The van der Waals surface area contributed by atoms with Gasteiger partial charge in [-0.3, -0.25) is 14.6 Å². The van der Waals surface area contributed by atoms with Crippen LogP contribution in [0.3, 0.4) is 0 Å². The lowest BCUT2D eigenvalue weighted by Crippen LogP contribution is -2.57. The smallest absolute Gasteiger partial charge is 0.328 e. The molecule has 2 saturated heterocycles. The first-order valence-electron chi connectivity index (χ1n) is 12.7. The van der Waals surface area contributed by atoms with Gasteiger partial charge in [-0.2, -0.15) is 0 Å². The van der Waals surface area contributed by atoms with Crippen LogP contribution in [0.15, 0.2) is 78.9 Å². The second kappa shape index (κ2) is 10.6.